The Kier molecular flexibility index (Phi) is 25.7. The number of amides is 3. The van der Waals surface area contributed by atoms with Crippen molar-refractivity contribution >= 4 is 17.7 Å². The zero-order valence-corrected chi connectivity index (χ0v) is 24.7. The standard InChI is InChI=1S/C29H57N3O6/c1-5-11-25(12-6-2)31-28(34)16-9-15-27(33)30-18-22-36-19-10-20-37-23-24-38-21-17-29(35)32-26(13-7-3)14-8-4/h25-26H,5-24H2,1-4H3,(H,30,33)(H,31,34)(H,32,35). The highest BCUT2D eigenvalue weighted by Gasteiger charge is 2.12. The summed E-state index contributed by atoms with van der Waals surface area (Å²) in [6.07, 6.45) is 10.7. The van der Waals surface area contributed by atoms with Crippen LogP contribution in [0.25, 0.3) is 0 Å². The second-order valence-electron chi connectivity index (χ2n) is 9.83. The summed E-state index contributed by atoms with van der Waals surface area (Å²) in [4.78, 5) is 36.0. The van der Waals surface area contributed by atoms with Gasteiger partial charge in [-0.2, -0.15) is 0 Å². The molecule has 0 aliphatic rings. The summed E-state index contributed by atoms with van der Waals surface area (Å²) < 4.78 is 16.5. The van der Waals surface area contributed by atoms with Crippen LogP contribution >= 0.6 is 0 Å². The fourth-order valence-electron chi connectivity index (χ4n) is 4.18. The smallest absolute Gasteiger partial charge is 0.222 e. The van der Waals surface area contributed by atoms with Gasteiger partial charge in [0.25, 0.3) is 0 Å². The van der Waals surface area contributed by atoms with Crippen LogP contribution in [0.2, 0.25) is 0 Å². The number of nitrogens with one attached hydrogen (secondary N) is 3. The van der Waals surface area contributed by atoms with Gasteiger partial charge in [0.15, 0.2) is 0 Å². The predicted octanol–water partition coefficient (Wildman–Crippen LogP) is 4.27. The van der Waals surface area contributed by atoms with E-state index in [1.807, 2.05) is 0 Å². The first-order valence-corrected chi connectivity index (χ1v) is 15.0. The van der Waals surface area contributed by atoms with E-state index in [1.54, 1.807) is 0 Å². The van der Waals surface area contributed by atoms with Gasteiger partial charge in [0.1, 0.15) is 0 Å². The van der Waals surface area contributed by atoms with Crippen LogP contribution in [0.1, 0.15) is 111 Å². The third kappa shape index (κ3) is 23.4. The maximum Gasteiger partial charge on any atom is 0.222 e. The molecule has 0 aliphatic carbocycles. The van der Waals surface area contributed by atoms with Crippen LogP contribution in [-0.2, 0) is 28.6 Å². The average molecular weight is 544 g/mol. The Bertz CT molecular complexity index is 579. The summed E-state index contributed by atoms with van der Waals surface area (Å²) in [6, 6.07) is 0.526. The number of rotatable bonds is 27. The van der Waals surface area contributed by atoms with Gasteiger partial charge in [-0.25, -0.2) is 0 Å². The summed E-state index contributed by atoms with van der Waals surface area (Å²) in [5.74, 6) is 0.0343. The Balaban J connectivity index is 3.51. The highest BCUT2D eigenvalue weighted by atomic mass is 16.5. The predicted molar refractivity (Wildman–Crippen MR) is 152 cm³/mol. The molecular formula is C29H57N3O6. The molecule has 0 saturated heterocycles. The largest absolute Gasteiger partial charge is 0.380 e. The lowest BCUT2D eigenvalue weighted by molar-refractivity contribution is -0.124. The molecule has 0 aromatic carbocycles. The lowest BCUT2D eigenvalue weighted by Gasteiger charge is -2.17. The zero-order valence-electron chi connectivity index (χ0n) is 24.7. The SMILES string of the molecule is CCCC(CCC)NC(=O)CCCC(=O)NCCOCCCOCCOCCC(=O)NC(CCC)CCC. The van der Waals surface area contributed by atoms with Crippen molar-refractivity contribution in [3.05, 3.63) is 0 Å². The van der Waals surface area contributed by atoms with E-state index in [0.717, 1.165) is 57.8 Å². The number of ether oxygens (including phenoxy) is 3. The van der Waals surface area contributed by atoms with Gasteiger partial charge in [0.05, 0.1) is 26.4 Å². The molecule has 0 aliphatic heterocycles. The zero-order chi connectivity index (χ0) is 28.3. The summed E-state index contributed by atoms with van der Waals surface area (Å²) in [7, 11) is 0. The van der Waals surface area contributed by atoms with Crippen molar-refractivity contribution in [2.75, 3.05) is 46.2 Å². The monoisotopic (exact) mass is 543 g/mol. The van der Waals surface area contributed by atoms with Crippen LogP contribution in [0.15, 0.2) is 0 Å². The molecule has 0 fully saturated rings. The van der Waals surface area contributed by atoms with Gasteiger partial charge in [-0.3, -0.25) is 14.4 Å². The molecule has 3 N–H and O–H groups in total. The Morgan fingerprint density at radius 1 is 0.526 bits per heavy atom. The molecule has 38 heavy (non-hydrogen) atoms. The molecule has 3 amide bonds. The van der Waals surface area contributed by atoms with Crippen molar-refractivity contribution in [3.63, 3.8) is 0 Å². The van der Waals surface area contributed by atoms with Crippen molar-refractivity contribution < 1.29 is 28.6 Å². The highest BCUT2D eigenvalue weighted by molar-refractivity contribution is 5.79. The average Bonchev–Trinajstić information content (AvgIpc) is 2.87. The van der Waals surface area contributed by atoms with Gasteiger partial charge in [0.2, 0.25) is 17.7 Å². The molecule has 0 radical (unpaired) electrons. The fourth-order valence-corrected chi connectivity index (χ4v) is 4.18. The first kappa shape index (κ1) is 36.3. The van der Waals surface area contributed by atoms with E-state index in [1.165, 1.54) is 0 Å². The summed E-state index contributed by atoms with van der Waals surface area (Å²) in [5, 5.41) is 9.00. The molecular weight excluding hydrogens is 486 g/mol. The van der Waals surface area contributed by atoms with Gasteiger partial charge in [-0.15, -0.1) is 0 Å². The van der Waals surface area contributed by atoms with Crippen molar-refractivity contribution in [2.45, 2.75) is 123 Å². The minimum atomic E-state index is -0.0531. The second kappa shape index (κ2) is 26.9. The summed E-state index contributed by atoms with van der Waals surface area (Å²) in [5.41, 5.74) is 0. The molecule has 9 nitrogen and oxygen atoms in total. The number of hydrogen-bond donors (Lipinski definition) is 3. The molecule has 0 unspecified atom stereocenters. The number of carbonyl (C=O) groups excluding carboxylic acids is 3. The van der Waals surface area contributed by atoms with Crippen LogP contribution in [0, 0.1) is 0 Å². The topological polar surface area (TPSA) is 115 Å². The van der Waals surface area contributed by atoms with Crippen LogP contribution in [0.3, 0.4) is 0 Å². The van der Waals surface area contributed by atoms with Crippen LogP contribution in [0.5, 0.6) is 0 Å². The molecule has 0 bridgehead atoms. The molecule has 0 aromatic heterocycles. The van der Waals surface area contributed by atoms with Crippen LogP contribution in [0.4, 0.5) is 0 Å². The Morgan fingerprint density at radius 2 is 0.974 bits per heavy atom. The summed E-state index contributed by atoms with van der Waals surface area (Å²) >= 11 is 0. The van der Waals surface area contributed by atoms with Crippen molar-refractivity contribution in [2.24, 2.45) is 0 Å². The molecule has 0 rings (SSSR count). The summed E-state index contributed by atoms with van der Waals surface area (Å²) in [6.45, 7) is 11.9. The molecule has 0 spiro atoms. The molecule has 0 heterocycles. The number of carbonyl (C=O) groups is 3. The normalized spacial score (nSPS) is 11.2. The Morgan fingerprint density at radius 3 is 1.50 bits per heavy atom. The van der Waals surface area contributed by atoms with E-state index >= 15 is 0 Å². The maximum absolute atomic E-state index is 12.1. The van der Waals surface area contributed by atoms with E-state index in [0.29, 0.717) is 71.9 Å². The number of hydrogen-bond acceptors (Lipinski definition) is 6. The van der Waals surface area contributed by atoms with E-state index in [2.05, 4.69) is 43.6 Å². The molecule has 9 heteroatoms. The van der Waals surface area contributed by atoms with Gasteiger partial charge >= 0.3 is 0 Å². The Labute approximate surface area is 231 Å². The van der Waals surface area contributed by atoms with Gasteiger partial charge in [0, 0.05) is 51.1 Å². The lowest BCUT2D eigenvalue weighted by atomic mass is 10.1. The molecule has 0 saturated carbocycles. The van der Waals surface area contributed by atoms with E-state index in [4.69, 9.17) is 14.2 Å². The van der Waals surface area contributed by atoms with Gasteiger partial charge in [-0.05, 0) is 38.5 Å². The maximum atomic E-state index is 12.1. The van der Waals surface area contributed by atoms with Crippen LogP contribution in [-0.4, -0.2) is 76.0 Å². The third-order valence-electron chi connectivity index (χ3n) is 6.08. The third-order valence-corrected chi connectivity index (χ3v) is 6.08. The van der Waals surface area contributed by atoms with E-state index in [-0.39, 0.29) is 29.8 Å². The van der Waals surface area contributed by atoms with E-state index in [9.17, 15) is 14.4 Å². The minimum Gasteiger partial charge on any atom is -0.380 e. The second-order valence-corrected chi connectivity index (χ2v) is 9.83. The highest BCUT2D eigenvalue weighted by Crippen LogP contribution is 2.06. The molecule has 224 valence electrons. The Hall–Kier alpha value is -1.71. The van der Waals surface area contributed by atoms with Gasteiger partial charge in [-0.1, -0.05) is 53.4 Å². The lowest BCUT2D eigenvalue weighted by Crippen LogP contribution is -2.35. The quantitative estimate of drug-likeness (QED) is 0.133. The molecule has 0 aromatic rings. The molecule has 0 atom stereocenters. The van der Waals surface area contributed by atoms with Crippen molar-refractivity contribution in [1.82, 2.24) is 16.0 Å². The van der Waals surface area contributed by atoms with Crippen molar-refractivity contribution in [3.8, 4) is 0 Å². The van der Waals surface area contributed by atoms with Gasteiger partial charge < -0.3 is 30.2 Å². The minimum absolute atomic E-state index is 0.0347. The van der Waals surface area contributed by atoms with E-state index < -0.39 is 0 Å². The van der Waals surface area contributed by atoms with Crippen molar-refractivity contribution in [1.29, 1.82) is 0 Å². The van der Waals surface area contributed by atoms with Crippen LogP contribution < -0.4 is 16.0 Å². The first-order chi connectivity index (χ1) is 18.5. The first-order valence-electron chi connectivity index (χ1n) is 15.0. The fraction of sp³-hybridized carbons (Fsp3) is 0.897.